The van der Waals surface area contributed by atoms with Gasteiger partial charge in [-0.15, -0.1) is 11.8 Å². The summed E-state index contributed by atoms with van der Waals surface area (Å²) in [6.07, 6.45) is 5.69. The van der Waals surface area contributed by atoms with Crippen LogP contribution in [0.3, 0.4) is 0 Å². The van der Waals surface area contributed by atoms with Crippen molar-refractivity contribution in [2.75, 3.05) is 32.1 Å². The minimum Gasteiger partial charge on any atom is -0.381 e. The second-order valence-corrected chi connectivity index (χ2v) is 7.08. The summed E-state index contributed by atoms with van der Waals surface area (Å²) in [7, 11) is 0. The fraction of sp³-hybridized carbons (Fsp3) is 0.632. The standard InChI is InChI=1S/C19H29NO3S/c1-2-3-12-22-13-7-11-20-19(21)17-9-4-5-10-18(17)24-15-16-8-6-14-23-16/h4-5,9-10,16H,2-3,6-8,11-15H2,1H3,(H,20,21). The number of carbonyl (C=O) groups excluding carboxylic acids is 1. The molecule has 1 atom stereocenters. The van der Waals surface area contributed by atoms with Crippen LogP contribution < -0.4 is 5.32 Å². The molecule has 5 heteroatoms. The lowest BCUT2D eigenvalue weighted by Gasteiger charge is -2.12. The van der Waals surface area contributed by atoms with Gasteiger partial charge in [-0.3, -0.25) is 4.79 Å². The van der Waals surface area contributed by atoms with Gasteiger partial charge in [-0.2, -0.15) is 0 Å². The highest BCUT2D eigenvalue weighted by Gasteiger charge is 2.17. The average molecular weight is 352 g/mol. The van der Waals surface area contributed by atoms with E-state index in [-0.39, 0.29) is 5.91 Å². The molecule has 1 unspecified atom stereocenters. The van der Waals surface area contributed by atoms with Crippen molar-refractivity contribution in [3.8, 4) is 0 Å². The van der Waals surface area contributed by atoms with Crippen LogP contribution in [0.2, 0.25) is 0 Å². The number of benzene rings is 1. The van der Waals surface area contributed by atoms with E-state index in [0.717, 1.165) is 61.5 Å². The molecule has 0 spiro atoms. The summed E-state index contributed by atoms with van der Waals surface area (Å²) in [5.74, 6) is 0.911. The SMILES string of the molecule is CCCCOCCCNC(=O)c1ccccc1SCC1CCCO1. The van der Waals surface area contributed by atoms with Crippen LogP contribution in [0.4, 0.5) is 0 Å². The second-order valence-electron chi connectivity index (χ2n) is 6.02. The quantitative estimate of drug-likeness (QED) is 0.485. The molecule has 2 rings (SSSR count). The zero-order chi connectivity index (χ0) is 17.0. The minimum atomic E-state index is -0.000927. The van der Waals surface area contributed by atoms with Crippen molar-refractivity contribution < 1.29 is 14.3 Å². The third-order valence-electron chi connectivity index (χ3n) is 3.97. The van der Waals surface area contributed by atoms with Gasteiger partial charge in [0.1, 0.15) is 0 Å². The number of nitrogens with one attached hydrogen (secondary N) is 1. The number of thioether (sulfide) groups is 1. The van der Waals surface area contributed by atoms with Gasteiger partial charge >= 0.3 is 0 Å². The monoisotopic (exact) mass is 351 g/mol. The molecule has 134 valence electrons. The largest absolute Gasteiger partial charge is 0.381 e. The maximum absolute atomic E-state index is 12.4. The van der Waals surface area contributed by atoms with Crippen LogP contribution >= 0.6 is 11.8 Å². The van der Waals surface area contributed by atoms with Gasteiger partial charge in [0.15, 0.2) is 0 Å². The van der Waals surface area contributed by atoms with Crippen LogP contribution in [0, 0.1) is 0 Å². The van der Waals surface area contributed by atoms with E-state index >= 15 is 0 Å². The molecule has 1 heterocycles. The molecule has 0 aliphatic carbocycles. The first-order chi connectivity index (χ1) is 11.8. The van der Waals surface area contributed by atoms with Gasteiger partial charge in [0.05, 0.1) is 11.7 Å². The Bertz CT molecular complexity index is 489. The Morgan fingerprint density at radius 3 is 2.96 bits per heavy atom. The summed E-state index contributed by atoms with van der Waals surface area (Å²) >= 11 is 1.71. The van der Waals surface area contributed by atoms with Crippen LogP contribution in [-0.2, 0) is 9.47 Å². The lowest BCUT2D eigenvalue weighted by atomic mass is 10.2. The molecule has 1 aromatic rings. The molecule has 1 aliphatic heterocycles. The van der Waals surface area contributed by atoms with Gasteiger partial charge in [0.2, 0.25) is 0 Å². The van der Waals surface area contributed by atoms with E-state index in [0.29, 0.717) is 19.3 Å². The number of rotatable bonds is 11. The van der Waals surface area contributed by atoms with E-state index in [9.17, 15) is 4.79 Å². The fourth-order valence-electron chi connectivity index (χ4n) is 2.56. The first kappa shape index (κ1) is 19.3. The number of amides is 1. The Labute approximate surface area is 149 Å². The number of ether oxygens (including phenoxy) is 2. The molecular weight excluding hydrogens is 322 g/mol. The molecular formula is C19H29NO3S. The molecule has 1 amide bonds. The summed E-state index contributed by atoms with van der Waals surface area (Å²) < 4.78 is 11.2. The van der Waals surface area contributed by atoms with Crippen molar-refractivity contribution in [1.29, 1.82) is 0 Å². The molecule has 0 bridgehead atoms. The second kappa shape index (κ2) is 11.5. The molecule has 1 fully saturated rings. The van der Waals surface area contributed by atoms with Gasteiger partial charge in [-0.05, 0) is 37.8 Å². The molecule has 0 radical (unpaired) electrons. The number of unbranched alkanes of at least 4 members (excludes halogenated alkanes) is 1. The van der Waals surface area contributed by atoms with Gasteiger partial charge in [-0.1, -0.05) is 25.5 Å². The van der Waals surface area contributed by atoms with Crippen molar-refractivity contribution >= 4 is 17.7 Å². The molecule has 1 N–H and O–H groups in total. The Hall–Kier alpha value is -1.04. The fourth-order valence-corrected chi connectivity index (χ4v) is 3.68. The van der Waals surface area contributed by atoms with Crippen LogP contribution in [0.5, 0.6) is 0 Å². The van der Waals surface area contributed by atoms with Gasteiger partial charge < -0.3 is 14.8 Å². The molecule has 1 aromatic carbocycles. The van der Waals surface area contributed by atoms with Crippen LogP contribution in [0.15, 0.2) is 29.2 Å². The highest BCUT2D eigenvalue weighted by molar-refractivity contribution is 7.99. The van der Waals surface area contributed by atoms with E-state index in [4.69, 9.17) is 9.47 Å². The van der Waals surface area contributed by atoms with Crippen molar-refractivity contribution in [2.45, 2.75) is 50.0 Å². The maximum Gasteiger partial charge on any atom is 0.252 e. The normalized spacial score (nSPS) is 17.1. The average Bonchev–Trinajstić information content (AvgIpc) is 3.13. The molecule has 0 aromatic heterocycles. The van der Waals surface area contributed by atoms with Crippen molar-refractivity contribution in [2.24, 2.45) is 0 Å². The van der Waals surface area contributed by atoms with E-state index in [2.05, 4.69) is 12.2 Å². The predicted molar refractivity (Wildman–Crippen MR) is 98.8 cm³/mol. The number of carbonyl (C=O) groups is 1. The van der Waals surface area contributed by atoms with Crippen LogP contribution in [0.25, 0.3) is 0 Å². The lowest BCUT2D eigenvalue weighted by molar-refractivity contribution is 0.0937. The summed E-state index contributed by atoms with van der Waals surface area (Å²) in [5, 5.41) is 2.99. The summed E-state index contributed by atoms with van der Waals surface area (Å²) in [4.78, 5) is 13.4. The Morgan fingerprint density at radius 2 is 2.17 bits per heavy atom. The van der Waals surface area contributed by atoms with E-state index in [1.165, 1.54) is 0 Å². The van der Waals surface area contributed by atoms with E-state index in [1.54, 1.807) is 11.8 Å². The highest BCUT2D eigenvalue weighted by Crippen LogP contribution is 2.26. The Balaban J connectivity index is 1.72. The Morgan fingerprint density at radius 1 is 1.33 bits per heavy atom. The lowest BCUT2D eigenvalue weighted by Crippen LogP contribution is -2.26. The molecule has 4 nitrogen and oxygen atoms in total. The van der Waals surface area contributed by atoms with Gasteiger partial charge in [0, 0.05) is 37.0 Å². The zero-order valence-corrected chi connectivity index (χ0v) is 15.4. The molecule has 1 saturated heterocycles. The van der Waals surface area contributed by atoms with Gasteiger partial charge in [-0.25, -0.2) is 0 Å². The van der Waals surface area contributed by atoms with Crippen molar-refractivity contribution in [3.63, 3.8) is 0 Å². The van der Waals surface area contributed by atoms with Crippen LogP contribution in [-0.4, -0.2) is 44.1 Å². The smallest absolute Gasteiger partial charge is 0.252 e. The van der Waals surface area contributed by atoms with E-state index in [1.807, 2.05) is 24.3 Å². The molecule has 0 saturated carbocycles. The highest BCUT2D eigenvalue weighted by atomic mass is 32.2. The molecule has 1 aliphatic rings. The van der Waals surface area contributed by atoms with Crippen molar-refractivity contribution in [3.05, 3.63) is 29.8 Å². The Kier molecular flexibility index (Phi) is 9.24. The molecule has 24 heavy (non-hydrogen) atoms. The summed E-state index contributed by atoms with van der Waals surface area (Å²) in [6, 6.07) is 7.81. The third-order valence-corrected chi connectivity index (χ3v) is 5.18. The summed E-state index contributed by atoms with van der Waals surface area (Å²) in [6.45, 7) is 5.18. The number of hydrogen-bond donors (Lipinski definition) is 1. The van der Waals surface area contributed by atoms with E-state index < -0.39 is 0 Å². The summed E-state index contributed by atoms with van der Waals surface area (Å²) in [5.41, 5.74) is 0.757. The zero-order valence-electron chi connectivity index (χ0n) is 14.6. The van der Waals surface area contributed by atoms with Crippen LogP contribution in [0.1, 0.15) is 49.4 Å². The third kappa shape index (κ3) is 6.83. The first-order valence-electron chi connectivity index (χ1n) is 9.00. The van der Waals surface area contributed by atoms with Gasteiger partial charge in [0.25, 0.3) is 5.91 Å². The maximum atomic E-state index is 12.4. The topological polar surface area (TPSA) is 47.6 Å². The minimum absolute atomic E-state index is 0.000927. The predicted octanol–water partition coefficient (Wildman–Crippen LogP) is 3.89. The number of hydrogen-bond acceptors (Lipinski definition) is 4. The first-order valence-corrected chi connectivity index (χ1v) is 9.99. The van der Waals surface area contributed by atoms with Crippen molar-refractivity contribution in [1.82, 2.24) is 5.32 Å².